The van der Waals surface area contributed by atoms with Gasteiger partial charge in [0.2, 0.25) is 0 Å². The van der Waals surface area contributed by atoms with Crippen molar-refractivity contribution < 1.29 is 9.66 Å². The number of nitro groups is 1. The highest BCUT2D eigenvalue weighted by atomic mass is 35.5. The highest BCUT2D eigenvalue weighted by molar-refractivity contribution is 6.32. The predicted molar refractivity (Wildman–Crippen MR) is 86.4 cm³/mol. The van der Waals surface area contributed by atoms with E-state index in [1.54, 1.807) is 0 Å². The first-order valence-electron chi connectivity index (χ1n) is 6.68. The molecule has 110 valence electrons. The maximum absolute atomic E-state index is 10.7. The minimum absolute atomic E-state index is 0.0532. The average molecular weight is 314 g/mol. The van der Waals surface area contributed by atoms with E-state index < -0.39 is 4.92 Å². The zero-order valence-electron chi connectivity index (χ0n) is 11.5. The van der Waals surface area contributed by atoms with Crippen molar-refractivity contribution in [2.45, 2.75) is 6.61 Å². The summed E-state index contributed by atoms with van der Waals surface area (Å²) in [7, 11) is 0. The molecular weight excluding hydrogens is 302 g/mol. The topological polar surface area (TPSA) is 52.4 Å². The molecule has 0 saturated heterocycles. The van der Waals surface area contributed by atoms with E-state index in [2.05, 4.69) is 0 Å². The molecule has 0 aromatic heterocycles. The molecule has 4 nitrogen and oxygen atoms in total. The van der Waals surface area contributed by atoms with Gasteiger partial charge in [-0.25, -0.2) is 0 Å². The molecule has 0 N–H and O–H groups in total. The van der Waals surface area contributed by atoms with Crippen molar-refractivity contribution in [1.82, 2.24) is 0 Å². The molecule has 0 amide bonds. The van der Waals surface area contributed by atoms with Crippen LogP contribution in [0, 0.1) is 10.1 Å². The van der Waals surface area contributed by atoms with E-state index in [-0.39, 0.29) is 10.7 Å². The van der Waals surface area contributed by atoms with E-state index in [0.717, 1.165) is 16.3 Å². The summed E-state index contributed by atoms with van der Waals surface area (Å²) in [4.78, 5) is 10.2. The van der Waals surface area contributed by atoms with Gasteiger partial charge in [0.15, 0.2) is 0 Å². The Morgan fingerprint density at radius 3 is 2.59 bits per heavy atom. The van der Waals surface area contributed by atoms with E-state index in [1.165, 1.54) is 18.2 Å². The van der Waals surface area contributed by atoms with Gasteiger partial charge in [0.25, 0.3) is 5.69 Å². The van der Waals surface area contributed by atoms with Gasteiger partial charge in [0.05, 0.1) is 9.95 Å². The molecule has 0 fully saturated rings. The lowest BCUT2D eigenvalue weighted by atomic mass is 10.1. The number of rotatable bonds is 4. The third-order valence-electron chi connectivity index (χ3n) is 3.39. The second-order valence-corrected chi connectivity index (χ2v) is 5.21. The second-order valence-electron chi connectivity index (χ2n) is 4.80. The molecule has 0 aliphatic rings. The van der Waals surface area contributed by atoms with Gasteiger partial charge in [-0.15, -0.1) is 0 Å². The molecule has 0 radical (unpaired) electrons. The van der Waals surface area contributed by atoms with Crippen molar-refractivity contribution >= 4 is 28.1 Å². The largest absolute Gasteiger partial charge is 0.487 e. The summed E-state index contributed by atoms with van der Waals surface area (Å²) >= 11 is 6.03. The maximum atomic E-state index is 10.7. The lowest BCUT2D eigenvalue weighted by Gasteiger charge is -2.10. The Kier molecular flexibility index (Phi) is 3.94. The number of hydrogen-bond acceptors (Lipinski definition) is 3. The number of non-ortho nitro benzene ring substituents is 1. The number of fused-ring (bicyclic) bond motifs is 1. The van der Waals surface area contributed by atoms with E-state index in [9.17, 15) is 10.1 Å². The SMILES string of the molecule is O=[N+]([O-])c1ccc(OCc2cccc3ccccc23)c(Cl)c1. The van der Waals surface area contributed by atoms with E-state index in [4.69, 9.17) is 16.3 Å². The number of ether oxygens (including phenoxy) is 1. The second kappa shape index (κ2) is 6.03. The molecule has 0 saturated carbocycles. The van der Waals surface area contributed by atoms with Crippen LogP contribution in [-0.2, 0) is 6.61 Å². The van der Waals surface area contributed by atoms with Gasteiger partial charge >= 0.3 is 0 Å². The smallest absolute Gasteiger partial charge is 0.271 e. The number of nitro benzene ring substituents is 1. The lowest BCUT2D eigenvalue weighted by molar-refractivity contribution is -0.384. The Hall–Kier alpha value is -2.59. The van der Waals surface area contributed by atoms with Gasteiger partial charge in [-0.05, 0) is 22.4 Å². The van der Waals surface area contributed by atoms with Gasteiger partial charge in [0.1, 0.15) is 12.4 Å². The predicted octanol–water partition coefficient (Wildman–Crippen LogP) is 4.98. The number of hydrogen-bond donors (Lipinski definition) is 0. The molecule has 3 aromatic carbocycles. The van der Waals surface area contributed by atoms with Crippen LogP contribution in [-0.4, -0.2) is 4.92 Å². The summed E-state index contributed by atoms with van der Waals surface area (Å²) in [5, 5.41) is 13.2. The molecule has 0 spiro atoms. The highest BCUT2D eigenvalue weighted by Crippen LogP contribution is 2.30. The number of nitrogens with zero attached hydrogens (tertiary/aromatic N) is 1. The molecule has 0 unspecified atom stereocenters. The fourth-order valence-electron chi connectivity index (χ4n) is 2.29. The van der Waals surface area contributed by atoms with Crippen molar-refractivity contribution in [3.63, 3.8) is 0 Å². The monoisotopic (exact) mass is 313 g/mol. The minimum atomic E-state index is -0.486. The first kappa shape index (κ1) is 14.4. The summed E-state index contributed by atoms with van der Waals surface area (Å²) in [5.41, 5.74) is 0.982. The molecule has 0 aliphatic carbocycles. The first-order chi connectivity index (χ1) is 10.6. The van der Waals surface area contributed by atoms with E-state index in [0.29, 0.717) is 12.4 Å². The van der Waals surface area contributed by atoms with Crippen LogP contribution >= 0.6 is 11.6 Å². The van der Waals surface area contributed by atoms with E-state index >= 15 is 0 Å². The normalized spacial score (nSPS) is 10.6. The van der Waals surface area contributed by atoms with Gasteiger partial charge in [-0.2, -0.15) is 0 Å². The molecule has 22 heavy (non-hydrogen) atoms. The number of halogens is 1. The van der Waals surface area contributed by atoms with Gasteiger partial charge in [-0.1, -0.05) is 54.1 Å². The third-order valence-corrected chi connectivity index (χ3v) is 3.68. The summed E-state index contributed by atoms with van der Waals surface area (Å²) in [6, 6.07) is 18.2. The van der Waals surface area contributed by atoms with Crippen LogP contribution in [0.15, 0.2) is 60.7 Å². The summed E-state index contributed by atoms with van der Waals surface area (Å²) in [5.74, 6) is 0.431. The average Bonchev–Trinajstić information content (AvgIpc) is 2.53. The molecule has 0 heterocycles. The Bertz CT molecular complexity index is 843. The Morgan fingerprint density at radius 1 is 1.05 bits per heavy atom. The van der Waals surface area contributed by atoms with Crippen molar-refractivity contribution in [3.8, 4) is 5.75 Å². The van der Waals surface area contributed by atoms with Crippen LogP contribution in [0.4, 0.5) is 5.69 Å². The van der Waals surface area contributed by atoms with Crippen LogP contribution < -0.4 is 4.74 Å². The standard InChI is InChI=1S/C17H12ClNO3/c18-16-10-14(19(20)21)8-9-17(16)22-11-13-6-3-5-12-4-1-2-7-15(12)13/h1-10H,11H2. The van der Waals surface area contributed by atoms with Crippen molar-refractivity contribution in [2.24, 2.45) is 0 Å². The maximum Gasteiger partial charge on any atom is 0.271 e. The fourth-order valence-corrected chi connectivity index (χ4v) is 2.52. The highest BCUT2D eigenvalue weighted by Gasteiger charge is 2.10. The quantitative estimate of drug-likeness (QED) is 0.504. The first-order valence-corrected chi connectivity index (χ1v) is 7.06. The van der Waals surface area contributed by atoms with Crippen LogP contribution in [0.3, 0.4) is 0 Å². The fraction of sp³-hybridized carbons (Fsp3) is 0.0588. The Balaban J connectivity index is 1.84. The van der Waals surface area contributed by atoms with Crippen LogP contribution in [0.2, 0.25) is 5.02 Å². The van der Waals surface area contributed by atoms with Gasteiger partial charge < -0.3 is 4.74 Å². The van der Waals surface area contributed by atoms with Gasteiger partial charge in [-0.3, -0.25) is 10.1 Å². The van der Waals surface area contributed by atoms with Crippen LogP contribution in [0.1, 0.15) is 5.56 Å². The Morgan fingerprint density at radius 2 is 1.82 bits per heavy atom. The molecule has 0 bridgehead atoms. The molecule has 0 atom stereocenters. The van der Waals surface area contributed by atoms with E-state index in [1.807, 2.05) is 42.5 Å². The summed E-state index contributed by atoms with van der Waals surface area (Å²) in [6.07, 6.45) is 0. The Labute approximate surface area is 132 Å². The third kappa shape index (κ3) is 2.87. The van der Waals surface area contributed by atoms with Crippen LogP contribution in [0.5, 0.6) is 5.75 Å². The summed E-state index contributed by atoms with van der Waals surface area (Å²) in [6.45, 7) is 0.346. The number of benzene rings is 3. The molecule has 5 heteroatoms. The molecule has 3 aromatic rings. The zero-order chi connectivity index (χ0) is 15.5. The van der Waals surface area contributed by atoms with Crippen LogP contribution in [0.25, 0.3) is 10.8 Å². The molecular formula is C17H12ClNO3. The van der Waals surface area contributed by atoms with Crippen molar-refractivity contribution in [2.75, 3.05) is 0 Å². The molecule has 3 rings (SSSR count). The van der Waals surface area contributed by atoms with Crippen molar-refractivity contribution in [1.29, 1.82) is 0 Å². The van der Waals surface area contributed by atoms with Gasteiger partial charge in [0, 0.05) is 12.1 Å². The zero-order valence-corrected chi connectivity index (χ0v) is 12.3. The lowest BCUT2D eigenvalue weighted by Crippen LogP contribution is -1.97. The summed E-state index contributed by atoms with van der Waals surface area (Å²) < 4.78 is 5.71. The molecule has 0 aliphatic heterocycles. The minimum Gasteiger partial charge on any atom is -0.487 e. The van der Waals surface area contributed by atoms with Crippen molar-refractivity contribution in [3.05, 3.63) is 81.4 Å².